The predicted octanol–water partition coefficient (Wildman–Crippen LogP) is 5.33. The largest absolute Gasteiger partial charge is 0.504 e. The van der Waals surface area contributed by atoms with Gasteiger partial charge < -0.3 is 14.2 Å². The number of hydrogen-bond donors (Lipinski definition) is 0. The molecule has 0 unspecified atom stereocenters. The maximum Gasteiger partial charge on any atom is 0.339 e. The van der Waals surface area contributed by atoms with Gasteiger partial charge >= 0.3 is 5.97 Å². The summed E-state index contributed by atoms with van der Waals surface area (Å²) in [5.41, 5.74) is 1.01. The Kier molecular flexibility index (Phi) is 6.67. The van der Waals surface area contributed by atoms with Crippen LogP contribution in [-0.2, 0) is 9.53 Å². The Labute approximate surface area is 151 Å². The lowest BCUT2D eigenvalue weighted by molar-refractivity contribution is -0.129. The minimum Gasteiger partial charge on any atom is -0.504 e. The van der Waals surface area contributed by atoms with E-state index in [-0.39, 0.29) is 3.74 Å². The maximum atomic E-state index is 11.7. The molecule has 2 aromatic carbocycles. The van der Waals surface area contributed by atoms with Gasteiger partial charge in [-0.25, -0.2) is 4.79 Å². The average Bonchev–Trinajstić information content (AvgIpc) is 2.55. The third-order valence-electron chi connectivity index (χ3n) is 2.74. The molecule has 0 radical (unpaired) electrons. The molecule has 0 atom stereocenters. The number of para-hydroxylation sites is 2. The zero-order chi connectivity index (χ0) is 16.7. The van der Waals surface area contributed by atoms with Crippen LogP contribution in [0.3, 0.4) is 0 Å². The van der Waals surface area contributed by atoms with Crippen LogP contribution in [0.2, 0.25) is 0 Å². The second-order valence-electron chi connectivity index (χ2n) is 4.38. The molecule has 0 aliphatic rings. The lowest BCUT2D eigenvalue weighted by atomic mass is 10.2. The number of carbonyl (C=O) groups is 1. The number of esters is 1. The van der Waals surface area contributed by atoms with Crippen LogP contribution in [0.15, 0.2) is 60.9 Å². The molecule has 0 heterocycles. The van der Waals surface area contributed by atoms with Crippen molar-refractivity contribution in [3.8, 4) is 17.2 Å². The Hall–Kier alpha value is -1.79. The molecule has 120 valence electrons. The van der Waals surface area contributed by atoms with Crippen LogP contribution in [0.5, 0.6) is 17.2 Å². The quantitative estimate of drug-likeness (QED) is 0.200. The summed E-state index contributed by atoms with van der Waals surface area (Å²) in [4.78, 5) is 11.7. The minimum absolute atomic E-state index is 0.0332. The molecular weight excluding hydrogens is 428 g/mol. The first-order valence-electron chi connectivity index (χ1n) is 6.66. The van der Waals surface area contributed by atoms with Gasteiger partial charge in [-0.05, 0) is 29.8 Å². The first-order valence-corrected chi connectivity index (χ1v) is 8.49. The zero-order valence-electron chi connectivity index (χ0n) is 12.2. The molecule has 0 aliphatic carbocycles. The van der Waals surface area contributed by atoms with E-state index in [1.165, 1.54) is 19.4 Å². The van der Waals surface area contributed by atoms with Crippen molar-refractivity contribution < 1.29 is 19.0 Å². The number of ether oxygens (including phenoxy) is 3. The van der Waals surface area contributed by atoms with Gasteiger partial charge in [0.2, 0.25) is 0 Å². The minimum atomic E-state index is -0.544. The highest BCUT2D eigenvalue weighted by Gasteiger charge is 2.10. The molecule has 0 saturated heterocycles. The molecule has 0 N–H and O–H groups in total. The van der Waals surface area contributed by atoms with Gasteiger partial charge in [-0.3, -0.25) is 0 Å². The smallest absolute Gasteiger partial charge is 0.339 e. The van der Waals surface area contributed by atoms with Crippen LogP contribution in [0.25, 0.3) is 0 Å². The highest BCUT2D eigenvalue weighted by Crippen LogP contribution is 2.35. The van der Waals surface area contributed by atoms with Gasteiger partial charge in [0.25, 0.3) is 0 Å². The Morgan fingerprint density at radius 3 is 2.52 bits per heavy atom. The SMILES string of the molecule is COC=CC(=O)Oc1ccccc1Oc1cccc(C(Br)Br)c1. The van der Waals surface area contributed by atoms with Crippen molar-refractivity contribution in [1.29, 1.82) is 0 Å². The standard InChI is InChI=1S/C17H14Br2O4/c1-21-10-9-16(20)23-15-8-3-2-7-14(15)22-13-6-4-5-12(11-13)17(18)19/h2-11,17H,1H3. The lowest BCUT2D eigenvalue weighted by Crippen LogP contribution is -2.05. The predicted molar refractivity (Wildman–Crippen MR) is 95.3 cm³/mol. The normalized spacial score (nSPS) is 10.8. The van der Waals surface area contributed by atoms with Crippen molar-refractivity contribution in [3.05, 3.63) is 66.4 Å². The lowest BCUT2D eigenvalue weighted by Gasteiger charge is -2.11. The number of hydrogen-bond acceptors (Lipinski definition) is 4. The molecule has 2 rings (SSSR count). The van der Waals surface area contributed by atoms with Crippen molar-refractivity contribution >= 4 is 37.8 Å². The third-order valence-corrected chi connectivity index (χ3v) is 3.80. The summed E-state index contributed by atoms with van der Waals surface area (Å²) in [6, 6.07) is 14.5. The fraction of sp³-hybridized carbons (Fsp3) is 0.118. The van der Waals surface area contributed by atoms with Crippen LogP contribution in [-0.4, -0.2) is 13.1 Å². The van der Waals surface area contributed by atoms with E-state index in [4.69, 9.17) is 14.2 Å². The van der Waals surface area contributed by atoms with Gasteiger partial charge in [0.15, 0.2) is 11.5 Å². The van der Waals surface area contributed by atoms with Crippen LogP contribution < -0.4 is 9.47 Å². The topological polar surface area (TPSA) is 44.8 Å². The van der Waals surface area contributed by atoms with Crippen LogP contribution in [0, 0.1) is 0 Å². The van der Waals surface area contributed by atoms with Gasteiger partial charge in [-0.15, -0.1) is 0 Å². The van der Waals surface area contributed by atoms with Crippen molar-refractivity contribution in [1.82, 2.24) is 0 Å². The first kappa shape index (κ1) is 17.6. The third kappa shape index (κ3) is 5.41. The molecule has 6 heteroatoms. The van der Waals surface area contributed by atoms with Gasteiger partial charge in [0.1, 0.15) is 5.75 Å². The second kappa shape index (κ2) is 8.74. The zero-order valence-corrected chi connectivity index (χ0v) is 15.4. The molecule has 0 spiro atoms. The van der Waals surface area contributed by atoms with Crippen molar-refractivity contribution in [2.45, 2.75) is 3.74 Å². The van der Waals surface area contributed by atoms with Crippen molar-refractivity contribution in [2.24, 2.45) is 0 Å². The van der Waals surface area contributed by atoms with Gasteiger partial charge in [0, 0.05) is 0 Å². The van der Waals surface area contributed by atoms with E-state index in [1.54, 1.807) is 24.3 Å². The van der Waals surface area contributed by atoms with Crippen molar-refractivity contribution in [2.75, 3.05) is 7.11 Å². The number of benzene rings is 2. The molecule has 23 heavy (non-hydrogen) atoms. The fourth-order valence-corrected chi connectivity index (χ4v) is 2.30. The van der Waals surface area contributed by atoms with E-state index in [1.807, 2.05) is 24.3 Å². The number of methoxy groups -OCH3 is 1. The van der Waals surface area contributed by atoms with E-state index >= 15 is 0 Å². The van der Waals surface area contributed by atoms with E-state index < -0.39 is 5.97 Å². The monoisotopic (exact) mass is 440 g/mol. The summed E-state index contributed by atoms with van der Waals surface area (Å²) in [6.45, 7) is 0. The Morgan fingerprint density at radius 2 is 1.83 bits per heavy atom. The molecule has 4 nitrogen and oxygen atoms in total. The highest BCUT2D eigenvalue weighted by molar-refractivity contribution is 9.24. The number of carbonyl (C=O) groups excluding carboxylic acids is 1. The van der Waals surface area contributed by atoms with E-state index in [0.717, 1.165) is 5.56 Å². The number of alkyl halides is 2. The average molecular weight is 442 g/mol. The van der Waals surface area contributed by atoms with Crippen LogP contribution in [0.4, 0.5) is 0 Å². The van der Waals surface area contributed by atoms with Crippen LogP contribution in [0.1, 0.15) is 9.30 Å². The molecule has 0 aromatic heterocycles. The number of rotatable bonds is 6. The van der Waals surface area contributed by atoms with E-state index in [0.29, 0.717) is 17.2 Å². The van der Waals surface area contributed by atoms with E-state index in [2.05, 4.69) is 31.9 Å². The molecule has 0 bridgehead atoms. The number of halogens is 2. The van der Waals surface area contributed by atoms with Gasteiger partial charge in [-0.2, -0.15) is 0 Å². The van der Waals surface area contributed by atoms with Crippen molar-refractivity contribution in [3.63, 3.8) is 0 Å². The Bertz CT molecular complexity index is 698. The summed E-state index contributed by atoms with van der Waals surface area (Å²) in [5.74, 6) is 0.877. The Morgan fingerprint density at radius 1 is 1.09 bits per heavy atom. The molecule has 0 amide bonds. The second-order valence-corrected chi connectivity index (χ2v) is 7.44. The maximum absolute atomic E-state index is 11.7. The molecular formula is C17H14Br2O4. The van der Waals surface area contributed by atoms with Gasteiger partial charge in [-0.1, -0.05) is 56.1 Å². The molecule has 2 aromatic rings. The highest BCUT2D eigenvalue weighted by atomic mass is 79.9. The Balaban J connectivity index is 2.19. The summed E-state index contributed by atoms with van der Waals surface area (Å²) in [5, 5.41) is 0. The van der Waals surface area contributed by atoms with E-state index in [9.17, 15) is 4.79 Å². The van der Waals surface area contributed by atoms with Crippen LogP contribution >= 0.6 is 31.9 Å². The molecule has 0 saturated carbocycles. The summed E-state index contributed by atoms with van der Waals surface area (Å²) >= 11 is 6.89. The summed E-state index contributed by atoms with van der Waals surface area (Å²) in [7, 11) is 1.45. The molecule has 0 fully saturated rings. The molecule has 0 aliphatic heterocycles. The van der Waals surface area contributed by atoms with Gasteiger partial charge in [0.05, 0.1) is 23.2 Å². The first-order chi connectivity index (χ1) is 11.1. The summed E-state index contributed by atoms with van der Waals surface area (Å²) < 4.78 is 15.8. The fourth-order valence-electron chi connectivity index (χ4n) is 1.73. The summed E-state index contributed by atoms with van der Waals surface area (Å²) in [6.07, 6.45) is 2.44.